The molecule has 0 radical (unpaired) electrons. The summed E-state index contributed by atoms with van der Waals surface area (Å²) in [6.45, 7) is 1.91. The van der Waals surface area contributed by atoms with Crippen LogP contribution in [-0.2, 0) is 27.2 Å². The number of aliphatic imine (C=N–C) groups is 1. The Morgan fingerprint density at radius 3 is 2.78 bits per heavy atom. The summed E-state index contributed by atoms with van der Waals surface area (Å²) < 4.78 is 19.4. The largest absolute Gasteiger partial charge is 0.462 e. The van der Waals surface area contributed by atoms with Gasteiger partial charge in [0.2, 0.25) is 5.91 Å². The van der Waals surface area contributed by atoms with Crippen molar-refractivity contribution in [3.63, 3.8) is 0 Å². The molecule has 166 valence electrons. The molecule has 1 aromatic carbocycles. The summed E-state index contributed by atoms with van der Waals surface area (Å²) in [5.41, 5.74) is 0.989. The number of imide groups is 2. The van der Waals surface area contributed by atoms with E-state index in [4.69, 9.17) is 4.74 Å². The van der Waals surface area contributed by atoms with Crippen LogP contribution in [-0.4, -0.2) is 36.6 Å². The fourth-order valence-corrected chi connectivity index (χ4v) is 5.01. The minimum absolute atomic E-state index is 0.204. The number of urea groups is 1. The molecule has 0 spiro atoms. The summed E-state index contributed by atoms with van der Waals surface area (Å²) in [6, 6.07) is 4.24. The van der Waals surface area contributed by atoms with Gasteiger partial charge < -0.3 is 4.74 Å². The molecule has 2 aromatic rings. The van der Waals surface area contributed by atoms with Gasteiger partial charge >= 0.3 is 12.0 Å². The second-order valence-corrected chi connectivity index (χ2v) is 8.37. The van der Waals surface area contributed by atoms with Gasteiger partial charge in [0, 0.05) is 11.1 Å². The molecule has 1 N–H and O–H groups in total. The molecule has 1 aliphatic carbocycles. The number of amides is 4. The van der Waals surface area contributed by atoms with Gasteiger partial charge in [-0.15, -0.1) is 11.3 Å². The van der Waals surface area contributed by atoms with Crippen molar-refractivity contribution in [1.29, 1.82) is 0 Å². The zero-order valence-corrected chi connectivity index (χ0v) is 18.0. The monoisotopic (exact) mass is 457 g/mol. The van der Waals surface area contributed by atoms with E-state index in [2.05, 4.69) is 10.3 Å². The fraction of sp³-hybridized carbons (Fsp3) is 0.318. The quantitative estimate of drug-likeness (QED) is 0.420. The van der Waals surface area contributed by atoms with Crippen molar-refractivity contribution in [3.05, 3.63) is 46.1 Å². The van der Waals surface area contributed by atoms with E-state index in [0.29, 0.717) is 15.5 Å². The zero-order chi connectivity index (χ0) is 22.8. The number of thiophene rings is 1. The summed E-state index contributed by atoms with van der Waals surface area (Å²) in [7, 11) is 0. The number of carbonyl (C=O) groups excluding carboxylic acids is 4. The van der Waals surface area contributed by atoms with Crippen molar-refractivity contribution in [2.45, 2.75) is 32.6 Å². The van der Waals surface area contributed by atoms with Gasteiger partial charge in [-0.2, -0.15) is 0 Å². The van der Waals surface area contributed by atoms with E-state index >= 15 is 0 Å². The number of nitrogens with zero attached hydrogens (tertiary/aromatic N) is 2. The number of aryl methyl sites for hydroxylation is 1. The molecule has 10 heteroatoms. The van der Waals surface area contributed by atoms with Crippen molar-refractivity contribution in [2.24, 2.45) is 10.9 Å². The Morgan fingerprint density at radius 2 is 2.03 bits per heavy atom. The van der Waals surface area contributed by atoms with Crippen LogP contribution in [0.5, 0.6) is 0 Å². The highest BCUT2D eigenvalue weighted by molar-refractivity contribution is 7.16. The Balaban J connectivity index is 1.68. The van der Waals surface area contributed by atoms with Crippen molar-refractivity contribution in [1.82, 2.24) is 5.32 Å². The number of halogens is 1. The highest BCUT2D eigenvalue weighted by Gasteiger charge is 2.41. The molecule has 8 nitrogen and oxygen atoms in total. The molecule has 1 atom stereocenters. The molecule has 2 aliphatic rings. The van der Waals surface area contributed by atoms with E-state index < -0.39 is 35.5 Å². The number of para-hydroxylation sites is 1. The topological polar surface area (TPSA) is 105 Å². The molecule has 1 saturated heterocycles. The van der Waals surface area contributed by atoms with Crippen LogP contribution in [0.2, 0.25) is 0 Å². The van der Waals surface area contributed by atoms with Gasteiger partial charge in [-0.1, -0.05) is 12.1 Å². The molecule has 4 amide bonds. The first-order chi connectivity index (χ1) is 15.4. The summed E-state index contributed by atoms with van der Waals surface area (Å²) in [6.07, 6.45) is 4.59. The SMILES string of the molecule is CCOC(=O)c1c(N=C[C@H]2C(=O)NC(=O)N(c3ccccc3F)C2=O)sc2c1CCCC2. The summed E-state index contributed by atoms with van der Waals surface area (Å²) in [4.78, 5) is 56.0. The second-order valence-electron chi connectivity index (χ2n) is 7.29. The van der Waals surface area contributed by atoms with Gasteiger partial charge in [0.1, 0.15) is 10.8 Å². The van der Waals surface area contributed by atoms with Crippen molar-refractivity contribution < 1.29 is 28.3 Å². The number of anilines is 1. The second kappa shape index (κ2) is 8.99. The molecule has 32 heavy (non-hydrogen) atoms. The van der Waals surface area contributed by atoms with E-state index in [0.717, 1.165) is 48.4 Å². The standard InChI is InChI=1S/C22H20FN3O5S/c1-2-31-21(29)17-12-7-3-6-10-16(12)32-19(17)24-11-13-18(27)25-22(30)26(20(13)28)15-9-5-4-8-14(15)23/h4-5,8-9,11,13H,2-3,6-7,10H2,1H3,(H,25,27,30)/t13-/m0/s1. The molecule has 0 unspecified atom stereocenters. The van der Waals surface area contributed by atoms with Crippen LogP contribution in [0.1, 0.15) is 40.6 Å². The number of carbonyl (C=O) groups is 4. The lowest BCUT2D eigenvalue weighted by atomic mass is 9.95. The summed E-state index contributed by atoms with van der Waals surface area (Å²) >= 11 is 1.33. The van der Waals surface area contributed by atoms with Gasteiger partial charge in [-0.3, -0.25) is 14.9 Å². The molecule has 0 bridgehead atoms. The number of barbiturate groups is 1. The van der Waals surface area contributed by atoms with Crippen molar-refractivity contribution in [2.75, 3.05) is 11.5 Å². The molecular weight excluding hydrogens is 437 g/mol. The van der Waals surface area contributed by atoms with E-state index in [1.54, 1.807) is 6.92 Å². The number of benzene rings is 1. The molecule has 1 aliphatic heterocycles. The third-order valence-electron chi connectivity index (χ3n) is 5.27. The van der Waals surface area contributed by atoms with Crippen LogP contribution in [0.3, 0.4) is 0 Å². The van der Waals surface area contributed by atoms with E-state index in [1.807, 2.05) is 0 Å². The maximum Gasteiger partial charge on any atom is 0.341 e. The highest BCUT2D eigenvalue weighted by atomic mass is 32.1. The van der Waals surface area contributed by atoms with Gasteiger partial charge in [0.25, 0.3) is 5.91 Å². The lowest BCUT2D eigenvalue weighted by Gasteiger charge is -2.28. The number of esters is 1. The predicted octanol–water partition coefficient (Wildman–Crippen LogP) is 3.54. The Bertz CT molecular complexity index is 1140. The Kier molecular flexibility index (Phi) is 6.13. The summed E-state index contributed by atoms with van der Waals surface area (Å²) in [5.74, 6) is -4.53. The van der Waals surface area contributed by atoms with Crippen LogP contribution in [0.4, 0.5) is 19.9 Å². The zero-order valence-electron chi connectivity index (χ0n) is 17.2. The third-order valence-corrected chi connectivity index (χ3v) is 6.47. The van der Waals surface area contributed by atoms with Crippen LogP contribution < -0.4 is 10.2 Å². The molecule has 1 aromatic heterocycles. The highest BCUT2D eigenvalue weighted by Crippen LogP contribution is 2.40. The van der Waals surface area contributed by atoms with Crippen LogP contribution in [0, 0.1) is 11.7 Å². The Hall–Kier alpha value is -3.40. The van der Waals surface area contributed by atoms with Crippen molar-refractivity contribution >= 4 is 52.1 Å². The number of fused-ring (bicyclic) bond motifs is 1. The van der Waals surface area contributed by atoms with Crippen LogP contribution >= 0.6 is 11.3 Å². The van der Waals surface area contributed by atoms with Crippen molar-refractivity contribution in [3.8, 4) is 0 Å². The molecule has 4 rings (SSSR count). The summed E-state index contributed by atoms with van der Waals surface area (Å²) in [5, 5.41) is 2.41. The third kappa shape index (κ3) is 3.93. The van der Waals surface area contributed by atoms with Gasteiger partial charge in [-0.05, 0) is 50.3 Å². The number of hydrogen-bond donors (Lipinski definition) is 1. The van der Waals surface area contributed by atoms with Gasteiger partial charge in [0.15, 0.2) is 5.92 Å². The van der Waals surface area contributed by atoms with Gasteiger partial charge in [0.05, 0.1) is 17.9 Å². The predicted molar refractivity (Wildman–Crippen MR) is 116 cm³/mol. The molecular formula is C22H20FN3O5S. The maximum atomic E-state index is 14.2. The average Bonchev–Trinajstić information content (AvgIpc) is 3.13. The van der Waals surface area contributed by atoms with E-state index in [9.17, 15) is 23.6 Å². The number of hydrogen-bond acceptors (Lipinski definition) is 7. The normalized spacial score (nSPS) is 18.6. The Labute approximate surface area is 187 Å². The first-order valence-electron chi connectivity index (χ1n) is 10.2. The molecule has 0 saturated carbocycles. The fourth-order valence-electron chi connectivity index (χ4n) is 3.78. The van der Waals surface area contributed by atoms with Crippen LogP contribution in [0.15, 0.2) is 29.3 Å². The lowest BCUT2D eigenvalue weighted by Crippen LogP contribution is -2.58. The van der Waals surface area contributed by atoms with E-state index in [-0.39, 0.29) is 12.3 Å². The average molecular weight is 457 g/mol. The number of nitrogens with one attached hydrogen (secondary N) is 1. The maximum absolute atomic E-state index is 14.2. The Morgan fingerprint density at radius 1 is 1.28 bits per heavy atom. The minimum atomic E-state index is -1.46. The van der Waals surface area contributed by atoms with E-state index in [1.165, 1.54) is 29.5 Å². The first-order valence-corrected chi connectivity index (χ1v) is 11.0. The first kappa shape index (κ1) is 21.8. The number of rotatable bonds is 5. The lowest BCUT2D eigenvalue weighted by molar-refractivity contribution is -0.131. The molecule has 2 heterocycles. The number of ether oxygens (including phenoxy) is 1. The minimum Gasteiger partial charge on any atom is -0.462 e. The molecule has 1 fully saturated rings. The van der Waals surface area contributed by atoms with Crippen LogP contribution in [0.25, 0.3) is 0 Å². The van der Waals surface area contributed by atoms with Gasteiger partial charge in [-0.25, -0.2) is 23.9 Å². The smallest absolute Gasteiger partial charge is 0.341 e.